The van der Waals surface area contributed by atoms with Crippen molar-refractivity contribution in [3.05, 3.63) is 106 Å². The Hall–Kier alpha value is -2.75. The van der Waals surface area contributed by atoms with Crippen LogP contribution in [0.25, 0.3) is 0 Å². The standard InChI is InChI=1S/C23H16Cl2O3/c24-18-10-6-15(7-11-18)21(26)14-20(22(27)16-4-2-1-3-5-16)23(28)17-8-12-19(25)13-9-17/h1-13,20H,14H2/t20-/m0/s1. The van der Waals surface area contributed by atoms with E-state index in [0.717, 1.165) is 0 Å². The van der Waals surface area contributed by atoms with Gasteiger partial charge in [0.2, 0.25) is 0 Å². The van der Waals surface area contributed by atoms with E-state index in [1.807, 2.05) is 0 Å². The number of hydrogen-bond acceptors (Lipinski definition) is 3. The lowest BCUT2D eigenvalue weighted by Crippen LogP contribution is -2.27. The van der Waals surface area contributed by atoms with Gasteiger partial charge < -0.3 is 0 Å². The minimum atomic E-state index is -1.12. The quantitative estimate of drug-likeness (QED) is 0.357. The molecule has 0 aliphatic heterocycles. The van der Waals surface area contributed by atoms with Gasteiger partial charge in [-0.15, -0.1) is 0 Å². The maximum atomic E-state index is 13.1. The average molecular weight is 411 g/mol. The summed E-state index contributed by atoms with van der Waals surface area (Å²) < 4.78 is 0. The van der Waals surface area contributed by atoms with Gasteiger partial charge in [-0.25, -0.2) is 0 Å². The molecule has 5 heteroatoms. The van der Waals surface area contributed by atoms with Gasteiger partial charge in [-0.1, -0.05) is 53.5 Å². The normalized spacial score (nSPS) is 11.6. The van der Waals surface area contributed by atoms with Crippen LogP contribution in [0, 0.1) is 5.92 Å². The number of benzene rings is 3. The molecule has 0 aromatic heterocycles. The van der Waals surface area contributed by atoms with Gasteiger partial charge in [0.25, 0.3) is 0 Å². The lowest BCUT2D eigenvalue weighted by Gasteiger charge is -2.15. The first-order valence-electron chi connectivity index (χ1n) is 8.63. The summed E-state index contributed by atoms with van der Waals surface area (Å²) in [5, 5.41) is 0.991. The van der Waals surface area contributed by atoms with Crippen molar-refractivity contribution in [1.82, 2.24) is 0 Å². The molecular formula is C23H16Cl2O3. The Morgan fingerprint density at radius 2 is 1.04 bits per heavy atom. The zero-order chi connectivity index (χ0) is 20.1. The molecule has 0 N–H and O–H groups in total. The van der Waals surface area contributed by atoms with Crippen molar-refractivity contribution in [2.24, 2.45) is 5.92 Å². The van der Waals surface area contributed by atoms with E-state index in [0.29, 0.717) is 26.7 Å². The summed E-state index contributed by atoms with van der Waals surface area (Å²) in [7, 11) is 0. The first-order chi connectivity index (χ1) is 13.5. The number of carbonyl (C=O) groups is 3. The number of halogens is 2. The van der Waals surface area contributed by atoms with Crippen molar-refractivity contribution in [2.75, 3.05) is 0 Å². The first-order valence-corrected chi connectivity index (χ1v) is 9.39. The molecule has 0 saturated heterocycles. The molecule has 0 saturated carbocycles. The zero-order valence-corrected chi connectivity index (χ0v) is 16.3. The molecule has 3 aromatic rings. The molecule has 3 rings (SSSR count). The summed E-state index contributed by atoms with van der Waals surface area (Å²) in [4.78, 5) is 38.8. The maximum absolute atomic E-state index is 13.1. The number of Topliss-reactive ketones (excluding diaryl/α,β-unsaturated/α-hetero) is 3. The Labute approximate surface area is 172 Å². The molecule has 0 amide bonds. The van der Waals surface area contributed by atoms with E-state index >= 15 is 0 Å². The molecule has 0 heterocycles. The summed E-state index contributed by atoms with van der Waals surface area (Å²) in [6.07, 6.45) is -0.225. The smallest absolute Gasteiger partial charge is 0.174 e. The molecule has 28 heavy (non-hydrogen) atoms. The van der Waals surface area contributed by atoms with Crippen molar-refractivity contribution in [2.45, 2.75) is 6.42 Å². The fourth-order valence-corrected chi connectivity index (χ4v) is 3.11. The van der Waals surface area contributed by atoms with Gasteiger partial charge in [-0.3, -0.25) is 14.4 Å². The van der Waals surface area contributed by atoms with E-state index in [1.54, 1.807) is 78.9 Å². The van der Waals surface area contributed by atoms with Gasteiger partial charge in [0.1, 0.15) is 0 Å². The van der Waals surface area contributed by atoms with Gasteiger partial charge in [0.15, 0.2) is 17.3 Å². The van der Waals surface area contributed by atoms with Crippen molar-refractivity contribution < 1.29 is 14.4 Å². The van der Waals surface area contributed by atoms with Crippen LogP contribution in [0.4, 0.5) is 0 Å². The van der Waals surface area contributed by atoms with E-state index in [2.05, 4.69) is 0 Å². The molecule has 0 aliphatic rings. The number of hydrogen-bond donors (Lipinski definition) is 0. The van der Waals surface area contributed by atoms with E-state index < -0.39 is 11.7 Å². The zero-order valence-electron chi connectivity index (χ0n) is 14.8. The summed E-state index contributed by atoms with van der Waals surface area (Å²) in [6.45, 7) is 0. The van der Waals surface area contributed by atoms with Crippen LogP contribution in [0.2, 0.25) is 10.0 Å². The Kier molecular flexibility index (Phi) is 6.40. The largest absolute Gasteiger partial charge is 0.294 e. The molecule has 0 fully saturated rings. The van der Waals surface area contributed by atoms with Gasteiger partial charge in [-0.05, 0) is 48.5 Å². The Bertz CT molecular complexity index is 994. The average Bonchev–Trinajstić information content (AvgIpc) is 2.72. The second kappa shape index (κ2) is 8.96. The number of ketones is 3. The van der Waals surface area contributed by atoms with Gasteiger partial charge >= 0.3 is 0 Å². The third kappa shape index (κ3) is 4.75. The van der Waals surface area contributed by atoms with Crippen LogP contribution < -0.4 is 0 Å². The Morgan fingerprint density at radius 3 is 1.54 bits per heavy atom. The maximum Gasteiger partial charge on any atom is 0.174 e. The van der Waals surface area contributed by atoms with Crippen LogP contribution in [0.15, 0.2) is 78.9 Å². The molecular weight excluding hydrogens is 395 g/mol. The third-order valence-electron chi connectivity index (χ3n) is 4.38. The molecule has 3 aromatic carbocycles. The predicted molar refractivity (Wildman–Crippen MR) is 110 cm³/mol. The lowest BCUT2D eigenvalue weighted by atomic mass is 9.85. The molecule has 3 nitrogen and oxygen atoms in total. The van der Waals surface area contributed by atoms with Crippen LogP contribution in [0.3, 0.4) is 0 Å². The van der Waals surface area contributed by atoms with Crippen molar-refractivity contribution >= 4 is 40.6 Å². The minimum absolute atomic E-state index is 0.225. The second-order valence-electron chi connectivity index (χ2n) is 6.29. The molecule has 0 spiro atoms. The molecule has 140 valence electrons. The monoisotopic (exact) mass is 410 g/mol. The van der Waals surface area contributed by atoms with Crippen molar-refractivity contribution in [1.29, 1.82) is 0 Å². The van der Waals surface area contributed by atoms with Crippen LogP contribution >= 0.6 is 23.2 Å². The Morgan fingerprint density at radius 1 is 0.607 bits per heavy atom. The predicted octanol–water partition coefficient (Wildman–Crippen LogP) is 5.95. The van der Waals surface area contributed by atoms with Crippen LogP contribution in [0.1, 0.15) is 37.5 Å². The number of carbonyl (C=O) groups excluding carboxylic acids is 3. The van der Waals surface area contributed by atoms with Gasteiger partial charge in [0, 0.05) is 33.2 Å². The third-order valence-corrected chi connectivity index (χ3v) is 4.88. The van der Waals surface area contributed by atoms with E-state index in [9.17, 15) is 14.4 Å². The van der Waals surface area contributed by atoms with Crippen LogP contribution in [0.5, 0.6) is 0 Å². The first kappa shape index (κ1) is 20.0. The molecule has 0 radical (unpaired) electrons. The van der Waals surface area contributed by atoms with E-state index in [-0.39, 0.29) is 18.0 Å². The van der Waals surface area contributed by atoms with Crippen molar-refractivity contribution in [3.8, 4) is 0 Å². The van der Waals surface area contributed by atoms with Crippen LogP contribution in [-0.4, -0.2) is 17.3 Å². The molecule has 0 bridgehead atoms. The second-order valence-corrected chi connectivity index (χ2v) is 7.16. The van der Waals surface area contributed by atoms with Gasteiger partial charge in [-0.2, -0.15) is 0 Å². The van der Waals surface area contributed by atoms with Crippen molar-refractivity contribution in [3.63, 3.8) is 0 Å². The summed E-state index contributed by atoms with van der Waals surface area (Å²) >= 11 is 11.8. The molecule has 0 unspecified atom stereocenters. The lowest BCUT2D eigenvalue weighted by molar-refractivity contribution is 0.0760. The number of rotatable bonds is 7. The summed E-state index contributed by atoms with van der Waals surface area (Å²) in [5.41, 5.74) is 1.13. The highest BCUT2D eigenvalue weighted by Gasteiger charge is 2.31. The fraction of sp³-hybridized carbons (Fsp3) is 0.0870. The highest BCUT2D eigenvalue weighted by atomic mass is 35.5. The molecule has 1 atom stereocenters. The fourth-order valence-electron chi connectivity index (χ4n) is 2.86. The topological polar surface area (TPSA) is 51.2 Å². The van der Waals surface area contributed by atoms with E-state index in [1.165, 1.54) is 0 Å². The molecule has 0 aliphatic carbocycles. The summed E-state index contributed by atoms with van der Waals surface area (Å²) in [5.74, 6) is -2.21. The van der Waals surface area contributed by atoms with E-state index in [4.69, 9.17) is 23.2 Å². The highest BCUT2D eigenvalue weighted by molar-refractivity contribution is 6.31. The highest BCUT2D eigenvalue weighted by Crippen LogP contribution is 2.22. The minimum Gasteiger partial charge on any atom is -0.294 e. The van der Waals surface area contributed by atoms with Crippen LogP contribution in [-0.2, 0) is 0 Å². The SMILES string of the molecule is O=C(C[C@@H](C(=O)c1ccccc1)C(=O)c1ccc(Cl)cc1)c1ccc(Cl)cc1. The Balaban J connectivity index is 1.92. The van der Waals surface area contributed by atoms with Gasteiger partial charge in [0.05, 0.1) is 5.92 Å². The summed E-state index contributed by atoms with van der Waals surface area (Å²) in [6, 6.07) is 21.2.